The number of hydrogen-bond acceptors (Lipinski definition) is 7. The van der Waals surface area contributed by atoms with Crippen molar-refractivity contribution in [1.82, 2.24) is 10.2 Å². The van der Waals surface area contributed by atoms with Crippen LogP contribution in [-0.4, -0.2) is 35.4 Å². The Morgan fingerprint density at radius 1 is 1.42 bits per heavy atom. The summed E-state index contributed by atoms with van der Waals surface area (Å²) in [5, 5.41) is 17.9. The van der Waals surface area contributed by atoms with E-state index in [0.717, 1.165) is 5.13 Å². The molecule has 100 valence electrons. The molecule has 1 aromatic heterocycles. The zero-order chi connectivity index (χ0) is 14.0. The smallest absolute Gasteiger partial charge is 0.336 e. The van der Waals surface area contributed by atoms with Gasteiger partial charge in [0.25, 0.3) is 0 Å². The first kappa shape index (κ1) is 13.6. The highest BCUT2D eigenvalue weighted by Gasteiger charge is 2.14. The summed E-state index contributed by atoms with van der Waals surface area (Å²) in [4.78, 5) is 13.6. The molecule has 1 heterocycles. The van der Waals surface area contributed by atoms with Crippen LogP contribution in [0, 0.1) is 0 Å². The van der Waals surface area contributed by atoms with E-state index in [1.807, 2.05) is 19.0 Å². The van der Waals surface area contributed by atoms with Crippen molar-refractivity contribution in [2.45, 2.75) is 9.24 Å². The van der Waals surface area contributed by atoms with E-state index in [-0.39, 0.29) is 5.56 Å². The number of nitrogen functional groups attached to an aromatic ring is 1. The van der Waals surface area contributed by atoms with Crippen molar-refractivity contribution in [1.29, 1.82) is 0 Å². The average molecular weight is 296 g/mol. The maximum absolute atomic E-state index is 11.1. The predicted molar refractivity (Wildman–Crippen MR) is 76.2 cm³/mol. The molecule has 0 aliphatic carbocycles. The van der Waals surface area contributed by atoms with Gasteiger partial charge in [-0.05, 0) is 18.2 Å². The highest BCUT2D eigenvalue weighted by atomic mass is 32.2. The Kier molecular flexibility index (Phi) is 3.91. The molecular weight excluding hydrogens is 284 g/mol. The monoisotopic (exact) mass is 296 g/mol. The number of rotatable bonds is 4. The molecule has 2 aromatic rings. The molecule has 0 saturated carbocycles. The molecule has 0 unspecified atom stereocenters. The van der Waals surface area contributed by atoms with Gasteiger partial charge < -0.3 is 15.7 Å². The Morgan fingerprint density at radius 3 is 2.74 bits per heavy atom. The van der Waals surface area contributed by atoms with E-state index in [2.05, 4.69) is 10.2 Å². The molecule has 0 amide bonds. The van der Waals surface area contributed by atoms with Crippen LogP contribution >= 0.6 is 23.1 Å². The number of nitrogens with two attached hydrogens (primary N) is 1. The lowest BCUT2D eigenvalue weighted by atomic mass is 10.2. The van der Waals surface area contributed by atoms with Gasteiger partial charge >= 0.3 is 5.97 Å². The van der Waals surface area contributed by atoms with Gasteiger partial charge in [0, 0.05) is 24.7 Å². The fourth-order valence-electron chi connectivity index (χ4n) is 1.32. The van der Waals surface area contributed by atoms with Crippen molar-refractivity contribution >= 4 is 39.9 Å². The molecule has 0 bridgehead atoms. The number of carboxylic acid groups (broad SMARTS) is 1. The van der Waals surface area contributed by atoms with Gasteiger partial charge in [0.05, 0.1) is 5.56 Å². The van der Waals surface area contributed by atoms with Gasteiger partial charge in [-0.2, -0.15) is 0 Å². The van der Waals surface area contributed by atoms with E-state index in [1.165, 1.54) is 29.2 Å². The summed E-state index contributed by atoms with van der Waals surface area (Å²) >= 11 is 2.65. The molecule has 0 radical (unpaired) electrons. The van der Waals surface area contributed by atoms with Gasteiger partial charge in [-0.25, -0.2) is 4.79 Å². The van der Waals surface area contributed by atoms with E-state index >= 15 is 0 Å². The maximum atomic E-state index is 11.1. The molecule has 0 aliphatic heterocycles. The van der Waals surface area contributed by atoms with Gasteiger partial charge in [0.1, 0.15) is 0 Å². The number of hydrogen-bond donors (Lipinski definition) is 2. The minimum absolute atomic E-state index is 0.209. The summed E-state index contributed by atoms with van der Waals surface area (Å²) in [5.41, 5.74) is 6.42. The first-order chi connectivity index (χ1) is 8.97. The van der Waals surface area contributed by atoms with Gasteiger partial charge in [0.2, 0.25) is 5.13 Å². The van der Waals surface area contributed by atoms with Crippen LogP contribution in [0.15, 0.2) is 27.4 Å². The second-order valence-electron chi connectivity index (χ2n) is 3.91. The van der Waals surface area contributed by atoms with Crippen molar-refractivity contribution in [2.75, 3.05) is 24.7 Å². The van der Waals surface area contributed by atoms with Crippen LogP contribution in [0.3, 0.4) is 0 Å². The second kappa shape index (κ2) is 5.45. The number of benzene rings is 1. The molecule has 3 N–H and O–H groups in total. The van der Waals surface area contributed by atoms with Crippen LogP contribution in [0.2, 0.25) is 0 Å². The maximum Gasteiger partial charge on any atom is 0.336 e. The van der Waals surface area contributed by atoms with E-state index in [4.69, 9.17) is 10.8 Å². The Labute approximate surface area is 118 Å². The summed E-state index contributed by atoms with van der Waals surface area (Å²) in [6.07, 6.45) is 0. The number of aromatic nitrogens is 2. The SMILES string of the molecule is CN(C)c1nnc(Sc2cc(N)ccc2C(=O)O)s1. The van der Waals surface area contributed by atoms with Gasteiger partial charge in [0.15, 0.2) is 4.34 Å². The highest BCUT2D eigenvalue weighted by Crippen LogP contribution is 2.35. The van der Waals surface area contributed by atoms with Crippen molar-refractivity contribution in [3.63, 3.8) is 0 Å². The lowest BCUT2D eigenvalue weighted by Crippen LogP contribution is -2.07. The van der Waals surface area contributed by atoms with E-state index < -0.39 is 5.97 Å². The number of carbonyl (C=O) groups is 1. The molecule has 0 aliphatic rings. The fraction of sp³-hybridized carbons (Fsp3) is 0.182. The first-order valence-electron chi connectivity index (χ1n) is 5.29. The third-order valence-corrected chi connectivity index (χ3v) is 4.41. The zero-order valence-corrected chi connectivity index (χ0v) is 12.0. The molecular formula is C11H12N4O2S2. The Balaban J connectivity index is 2.31. The zero-order valence-electron chi connectivity index (χ0n) is 10.3. The number of anilines is 2. The second-order valence-corrected chi connectivity index (χ2v) is 6.15. The van der Waals surface area contributed by atoms with Crippen LogP contribution in [0.25, 0.3) is 0 Å². The van der Waals surface area contributed by atoms with E-state index in [9.17, 15) is 4.79 Å². The van der Waals surface area contributed by atoms with Gasteiger partial charge in [-0.3, -0.25) is 0 Å². The number of carboxylic acids is 1. The van der Waals surface area contributed by atoms with Crippen LogP contribution < -0.4 is 10.6 Å². The topological polar surface area (TPSA) is 92.3 Å². The van der Waals surface area contributed by atoms with E-state index in [0.29, 0.717) is 14.9 Å². The molecule has 0 atom stereocenters. The first-order valence-corrected chi connectivity index (χ1v) is 6.92. The summed E-state index contributed by atoms with van der Waals surface area (Å²) < 4.78 is 0.678. The lowest BCUT2D eigenvalue weighted by molar-refractivity contribution is 0.0693. The quantitative estimate of drug-likeness (QED) is 0.834. The molecule has 8 heteroatoms. The molecule has 2 rings (SSSR count). The van der Waals surface area contributed by atoms with Crippen LogP contribution in [0.1, 0.15) is 10.4 Å². The lowest BCUT2D eigenvalue weighted by Gasteiger charge is -2.05. The minimum Gasteiger partial charge on any atom is -0.478 e. The molecule has 6 nitrogen and oxygen atoms in total. The Morgan fingerprint density at radius 2 is 2.16 bits per heavy atom. The van der Waals surface area contributed by atoms with E-state index in [1.54, 1.807) is 12.1 Å². The predicted octanol–water partition coefficient (Wildman–Crippen LogP) is 2.04. The standard InChI is InChI=1S/C11H12N4O2S2/c1-15(2)10-13-14-11(19-10)18-8-5-6(12)3-4-7(8)9(16)17/h3-5H,12H2,1-2H3,(H,16,17). The highest BCUT2D eigenvalue weighted by molar-refractivity contribution is 8.01. The summed E-state index contributed by atoms with van der Waals surface area (Å²) in [6.45, 7) is 0. The van der Waals surface area contributed by atoms with Crippen LogP contribution in [-0.2, 0) is 0 Å². The molecule has 19 heavy (non-hydrogen) atoms. The van der Waals surface area contributed by atoms with Crippen molar-refractivity contribution in [3.05, 3.63) is 23.8 Å². The molecule has 1 aromatic carbocycles. The van der Waals surface area contributed by atoms with Crippen LogP contribution in [0.5, 0.6) is 0 Å². The summed E-state index contributed by atoms with van der Waals surface area (Å²) in [5.74, 6) is -0.986. The average Bonchev–Trinajstić information content (AvgIpc) is 2.77. The number of aromatic carboxylic acids is 1. The molecule has 0 fully saturated rings. The largest absolute Gasteiger partial charge is 0.478 e. The third kappa shape index (κ3) is 3.15. The molecule has 0 saturated heterocycles. The van der Waals surface area contributed by atoms with Crippen molar-refractivity contribution < 1.29 is 9.90 Å². The Hall–Kier alpha value is -1.80. The summed E-state index contributed by atoms with van der Waals surface area (Å²) in [6, 6.07) is 4.69. The summed E-state index contributed by atoms with van der Waals surface area (Å²) in [7, 11) is 3.75. The molecule has 0 spiro atoms. The Bertz CT molecular complexity index is 612. The van der Waals surface area contributed by atoms with Crippen LogP contribution in [0.4, 0.5) is 10.8 Å². The van der Waals surface area contributed by atoms with Gasteiger partial charge in [-0.1, -0.05) is 23.1 Å². The number of nitrogens with zero attached hydrogens (tertiary/aromatic N) is 3. The van der Waals surface area contributed by atoms with Crippen molar-refractivity contribution in [2.24, 2.45) is 0 Å². The third-order valence-electron chi connectivity index (χ3n) is 2.21. The fourth-order valence-corrected chi connectivity index (χ4v) is 3.21. The minimum atomic E-state index is -0.986. The normalized spacial score (nSPS) is 10.4. The van der Waals surface area contributed by atoms with Crippen molar-refractivity contribution in [3.8, 4) is 0 Å². The van der Waals surface area contributed by atoms with Gasteiger partial charge in [-0.15, -0.1) is 10.2 Å².